The molecule has 2 heterocycles. The largest absolute Gasteiger partial charge is 0.486 e. The lowest BCUT2D eigenvalue weighted by Crippen LogP contribution is -2.35. The van der Waals surface area contributed by atoms with Crippen molar-refractivity contribution in [3.05, 3.63) is 58.1 Å². The van der Waals surface area contributed by atoms with Crippen LogP contribution in [0.2, 0.25) is 5.02 Å². The van der Waals surface area contributed by atoms with Gasteiger partial charge in [-0.15, -0.1) is 0 Å². The van der Waals surface area contributed by atoms with Gasteiger partial charge in [0.1, 0.15) is 13.2 Å². The lowest BCUT2D eigenvalue weighted by atomic mass is 10.2. The number of ether oxygens (including phenoxy) is 2. The smallest absolute Gasteiger partial charge is 0.325 e. The quantitative estimate of drug-likeness (QED) is 0.660. The van der Waals surface area contributed by atoms with E-state index in [0.29, 0.717) is 46.3 Å². The van der Waals surface area contributed by atoms with Crippen molar-refractivity contribution in [2.75, 3.05) is 18.5 Å². The van der Waals surface area contributed by atoms with Crippen molar-refractivity contribution < 1.29 is 19.1 Å². The summed E-state index contributed by atoms with van der Waals surface area (Å²) >= 11 is 5.93. The number of amides is 3. The van der Waals surface area contributed by atoms with Gasteiger partial charge in [-0.2, -0.15) is 0 Å². The van der Waals surface area contributed by atoms with Crippen molar-refractivity contribution in [3.8, 4) is 11.5 Å². The zero-order chi connectivity index (χ0) is 21.1. The Balaban J connectivity index is 1.35. The molecule has 3 aromatic rings. The maximum absolute atomic E-state index is 12.5. The molecule has 0 fully saturated rings. The van der Waals surface area contributed by atoms with E-state index in [2.05, 4.69) is 15.6 Å². The number of imide groups is 1. The Morgan fingerprint density at radius 2 is 1.90 bits per heavy atom. The van der Waals surface area contributed by atoms with Gasteiger partial charge >= 0.3 is 6.03 Å². The van der Waals surface area contributed by atoms with E-state index in [9.17, 15) is 14.4 Å². The van der Waals surface area contributed by atoms with Crippen LogP contribution >= 0.6 is 11.6 Å². The number of urea groups is 1. The third-order valence-electron chi connectivity index (χ3n) is 4.42. The monoisotopic (exact) mass is 428 g/mol. The number of benzene rings is 2. The maximum Gasteiger partial charge on any atom is 0.325 e. The number of fused-ring (bicyclic) bond motifs is 2. The predicted octanol–water partition coefficient (Wildman–Crippen LogP) is 2.56. The van der Waals surface area contributed by atoms with Crippen molar-refractivity contribution in [1.29, 1.82) is 0 Å². The molecule has 10 heteroatoms. The first-order valence-electron chi connectivity index (χ1n) is 9.15. The number of nitrogens with one attached hydrogen (secondary N) is 2. The SMILES string of the molecule is O=C(CCn1cnc2ccc(Cl)cc2c1=O)NC(=O)Nc1ccc2c(c1)OCCO2. The molecule has 1 aliphatic heterocycles. The lowest BCUT2D eigenvalue weighted by molar-refractivity contribution is -0.120. The van der Waals surface area contributed by atoms with Crippen LogP contribution in [0.4, 0.5) is 10.5 Å². The molecule has 0 atom stereocenters. The fourth-order valence-electron chi connectivity index (χ4n) is 2.99. The number of anilines is 1. The number of aryl methyl sites for hydroxylation is 1. The van der Waals surface area contributed by atoms with E-state index in [4.69, 9.17) is 21.1 Å². The molecule has 0 radical (unpaired) electrons. The molecule has 3 amide bonds. The highest BCUT2D eigenvalue weighted by molar-refractivity contribution is 6.31. The molecule has 2 aromatic carbocycles. The Bertz CT molecular complexity index is 1190. The standard InChI is InChI=1S/C20H17ClN4O5/c21-12-1-3-15-14(9-12)19(27)25(11-22-15)6-5-18(26)24-20(28)23-13-2-4-16-17(10-13)30-8-7-29-16/h1-4,9-11H,5-8H2,(H2,23,24,26,28). The molecule has 0 saturated heterocycles. The molecular weight excluding hydrogens is 412 g/mol. The number of carbonyl (C=O) groups is 2. The molecule has 1 aromatic heterocycles. The van der Waals surface area contributed by atoms with Crippen LogP contribution in [0, 0.1) is 0 Å². The Labute approximate surface area is 175 Å². The Morgan fingerprint density at radius 3 is 2.73 bits per heavy atom. The summed E-state index contributed by atoms with van der Waals surface area (Å²) in [5.74, 6) is 0.579. The summed E-state index contributed by atoms with van der Waals surface area (Å²) < 4.78 is 12.2. The molecular formula is C20H17ClN4O5. The van der Waals surface area contributed by atoms with E-state index in [1.165, 1.54) is 17.0 Å². The fourth-order valence-corrected chi connectivity index (χ4v) is 3.16. The first-order valence-corrected chi connectivity index (χ1v) is 9.52. The zero-order valence-electron chi connectivity index (χ0n) is 15.7. The number of aromatic nitrogens is 2. The summed E-state index contributed by atoms with van der Waals surface area (Å²) in [5.41, 5.74) is 0.663. The number of hydrogen-bond acceptors (Lipinski definition) is 6. The van der Waals surface area contributed by atoms with Crippen LogP contribution in [0.3, 0.4) is 0 Å². The van der Waals surface area contributed by atoms with Gasteiger partial charge in [-0.3, -0.25) is 19.5 Å². The molecule has 0 saturated carbocycles. The van der Waals surface area contributed by atoms with Crippen LogP contribution in [0.1, 0.15) is 6.42 Å². The third kappa shape index (κ3) is 4.36. The van der Waals surface area contributed by atoms with Crippen LogP contribution in [0.25, 0.3) is 10.9 Å². The van der Waals surface area contributed by atoms with Gasteiger partial charge < -0.3 is 14.8 Å². The molecule has 2 N–H and O–H groups in total. The minimum atomic E-state index is -0.688. The Hall–Kier alpha value is -3.59. The minimum Gasteiger partial charge on any atom is -0.486 e. The number of carbonyl (C=O) groups excluding carboxylic acids is 2. The van der Waals surface area contributed by atoms with E-state index in [0.717, 1.165) is 0 Å². The van der Waals surface area contributed by atoms with E-state index in [1.807, 2.05) is 0 Å². The van der Waals surface area contributed by atoms with Gasteiger partial charge in [0, 0.05) is 29.7 Å². The first-order chi connectivity index (χ1) is 14.5. The van der Waals surface area contributed by atoms with Crippen LogP contribution in [0.15, 0.2) is 47.5 Å². The van der Waals surface area contributed by atoms with Crippen molar-refractivity contribution in [3.63, 3.8) is 0 Å². The molecule has 0 aliphatic carbocycles. The van der Waals surface area contributed by atoms with Crippen LogP contribution < -0.4 is 25.7 Å². The number of rotatable bonds is 4. The highest BCUT2D eigenvalue weighted by Crippen LogP contribution is 2.32. The summed E-state index contributed by atoms with van der Waals surface area (Å²) in [5, 5.41) is 5.57. The minimum absolute atomic E-state index is 0.0669. The maximum atomic E-state index is 12.5. The summed E-state index contributed by atoms with van der Waals surface area (Å²) in [7, 11) is 0. The number of nitrogens with zero attached hydrogens (tertiary/aromatic N) is 2. The van der Waals surface area contributed by atoms with E-state index < -0.39 is 11.9 Å². The summed E-state index contributed by atoms with van der Waals surface area (Å²) in [6, 6.07) is 9.08. The fraction of sp³-hybridized carbons (Fsp3) is 0.200. The summed E-state index contributed by atoms with van der Waals surface area (Å²) in [6.45, 7) is 0.964. The molecule has 0 spiro atoms. The van der Waals surface area contributed by atoms with Crippen molar-refractivity contribution >= 4 is 40.1 Å². The van der Waals surface area contributed by atoms with Gasteiger partial charge in [0.25, 0.3) is 5.56 Å². The zero-order valence-corrected chi connectivity index (χ0v) is 16.4. The second kappa shape index (κ2) is 8.42. The Morgan fingerprint density at radius 1 is 1.10 bits per heavy atom. The van der Waals surface area contributed by atoms with Crippen LogP contribution in [0.5, 0.6) is 11.5 Å². The van der Waals surface area contributed by atoms with Crippen molar-refractivity contribution in [2.45, 2.75) is 13.0 Å². The topological polar surface area (TPSA) is 112 Å². The normalized spacial score (nSPS) is 12.4. The van der Waals surface area contributed by atoms with E-state index >= 15 is 0 Å². The van der Waals surface area contributed by atoms with Gasteiger partial charge in [0.2, 0.25) is 5.91 Å². The van der Waals surface area contributed by atoms with Gasteiger partial charge in [0.15, 0.2) is 11.5 Å². The third-order valence-corrected chi connectivity index (χ3v) is 4.65. The molecule has 9 nitrogen and oxygen atoms in total. The number of halogens is 1. The van der Waals surface area contributed by atoms with Crippen LogP contribution in [-0.4, -0.2) is 34.7 Å². The molecule has 30 heavy (non-hydrogen) atoms. The average Bonchev–Trinajstić information content (AvgIpc) is 2.73. The van der Waals surface area contributed by atoms with Crippen molar-refractivity contribution in [2.24, 2.45) is 0 Å². The second-order valence-electron chi connectivity index (χ2n) is 6.52. The van der Waals surface area contributed by atoms with Gasteiger partial charge in [-0.1, -0.05) is 11.6 Å². The highest BCUT2D eigenvalue weighted by Gasteiger charge is 2.14. The first kappa shape index (κ1) is 19.7. The molecule has 4 rings (SSSR count). The van der Waals surface area contributed by atoms with Crippen molar-refractivity contribution in [1.82, 2.24) is 14.9 Å². The van der Waals surface area contributed by atoms with Crippen LogP contribution in [-0.2, 0) is 11.3 Å². The molecule has 1 aliphatic rings. The highest BCUT2D eigenvalue weighted by atomic mass is 35.5. The lowest BCUT2D eigenvalue weighted by Gasteiger charge is -2.19. The molecule has 0 bridgehead atoms. The average molecular weight is 429 g/mol. The predicted molar refractivity (Wildman–Crippen MR) is 110 cm³/mol. The molecule has 154 valence electrons. The Kier molecular flexibility index (Phi) is 5.53. The van der Waals surface area contributed by atoms with Gasteiger partial charge in [-0.05, 0) is 30.3 Å². The summed E-state index contributed by atoms with van der Waals surface area (Å²) in [4.78, 5) is 40.9. The van der Waals surface area contributed by atoms with E-state index in [1.54, 1.807) is 30.3 Å². The van der Waals surface area contributed by atoms with Gasteiger partial charge in [-0.25, -0.2) is 9.78 Å². The number of hydrogen-bond donors (Lipinski definition) is 2. The summed E-state index contributed by atoms with van der Waals surface area (Å²) in [6.07, 6.45) is 1.28. The molecule has 0 unspecified atom stereocenters. The van der Waals surface area contributed by atoms with E-state index in [-0.39, 0.29) is 18.5 Å². The second-order valence-corrected chi connectivity index (χ2v) is 6.95. The van der Waals surface area contributed by atoms with Gasteiger partial charge in [0.05, 0.1) is 17.2 Å².